The van der Waals surface area contributed by atoms with E-state index in [9.17, 15) is 9.59 Å². The quantitative estimate of drug-likeness (QED) is 0.681. The Kier molecular flexibility index (Phi) is 6.78. The normalized spacial score (nSPS) is 14.6. The lowest BCUT2D eigenvalue weighted by Crippen LogP contribution is -2.46. The summed E-state index contributed by atoms with van der Waals surface area (Å²) < 4.78 is 21.8. The van der Waals surface area contributed by atoms with Crippen molar-refractivity contribution in [1.82, 2.24) is 10.6 Å². The van der Waals surface area contributed by atoms with Crippen LogP contribution in [-0.2, 0) is 16.0 Å². The molecule has 1 aliphatic heterocycles. The van der Waals surface area contributed by atoms with Gasteiger partial charge in [-0.1, -0.05) is 18.2 Å². The van der Waals surface area contributed by atoms with E-state index in [0.29, 0.717) is 42.6 Å². The van der Waals surface area contributed by atoms with Gasteiger partial charge in [-0.3, -0.25) is 9.59 Å². The summed E-state index contributed by atoms with van der Waals surface area (Å²) in [6, 6.07) is 12.8. The summed E-state index contributed by atoms with van der Waals surface area (Å²) in [7, 11) is 3.13. The third kappa shape index (κ3) is 5.31. The highest BCUT2D eigenvalue weighted by Crippen LogP contribution is 2.30. The third-order valence-corrected chi connectivity index (χ3v) is 4.41. The van der Waals surface area contributed by atoms with Crippen LogP contribution in [0.4, 0.5) is 0 Å². The fourth-order valence-electron chi connectivity index (χ4n) is 2.89. The minimum atomic E-state index is -0.709. The van der Waals surface area contributed by atoms with Crippen LogP contribution in [0.25, 0.3) is 0 Å². The molecule has 0 saturated heterocycles. The lowest BCUT2D eigenvalue weighted by molar-refractivity contribution is -0.139. The average Bonchev–Trinajstić information content (AvgIpc) is 2.77. The fourth-order valence-corrected chi connectivity index (χ4v) is 2.89. The topological polar surface area (TPSA) is 95.1 Å². The molecule has 0 aliphatic carbocycles. The van der Waals surface area contributed by atoms with Crippen molar-refractivity contribution in [1.29, 1.82) is 0 Å². The predicted molar refractivity (Wildman–Crippen MR) is 106 cm³/mol. The Morgan fingerprint density at radius 1 is 1.00 bits per heavy atom. The number of hydrogen-bond acceptors (Lipinski definition) is 6. The highest BCUT2D eigenvalue weighted by Gasteiger charge is 2.22. The summed E-state index contributed by atoms with van der Waals surface area (Å²) in [5.41, 5.74) is 0.953. The molecule has 29 heavy (non-hydrogen) atoms. The second-order valence-corrected chi connectivity index (χ2v) is 6.40. The van der Waals surface area contributed by atoms with Crippen LogP contribution < -0.4 is 29.6 Å². The van der Waals surface area contributed by atoms with E-state index in [1.54, 1.807) is 26.4 Å². The van der Waals surface area contributed by atoms with E-state index in [-0.39, 0.29) is 12.6 Å². The number of methoxy groups -OCH3 is 2. The average molecular weight is 400 g/mol. The zero-order chi connectivity index (χ0) is 20.6. The van der Waals surface area contributed by atoms with Gasteiger partial charge in [0.2, 0.25) is 0 Å². The van der Waals surface area contributed by atoms with Crippen LogP contribution in [0.5, 0.6) is 23.0 Å². The second-order valence-electron chi connectivity index (χ2n) is 6.40. The van der Waals surface area contributed by atoms with Crippen LogP contribution in [0.2, 0.25) is 0 Å². The molecule has 0 aromatic heterocycles. The van der Waals surface area contributed by atoms with Crippen LogP contribution >= 0.6 is 0 Å². The molecule has 0 bridgehead atoms. The predicted octanol–water partition coefficient (Wildman–Crippen LogP) is 1.32. The van der Waals surface area contributed by atoms with Gasteiger partial charge in [0.25, 0.3) is 0 Å². The molecule has 154 valence electrons. The maximum atomic E-state index is 12.0. The number of amides is 2. The van der Waals surface area contributed by atoms with E-state index in [1.165, 1.54) is 0 Å². The van der Waals surface area contributed by atoms with Gasteiger partial charge in [-0.05, 0) is 36.2 Å². The van der Waals surface area contributed by atoms with E-state index in [2.05, 4.69) is 10.6 Å². The van der Waals surface area contributed by atoms with E-state index < -0.39 is 11.8 Å². The molecule has 8 nitrogen and oxygen atoms in total. The minimum Gasteiger partial charge on any atom is -0.493 e. The van der Waals surface area contributed by atoms with Gasteiger partial charge in [0, 0.05) is 6.54 Å². The minimum absolute atomic E-state index is 0.177. The molecule has 0 spiro atoms. The first-order valence-electron chi connectivity index (χ1n) is 9.26. The number of nitrogens with one attached hydrogen (secondary N) is 2. The van der Waals surface area contributed by atoms with Crippen molar-refractivity contribution >= 4 is 11.8 Å². The van der Waals surface area contributed by atoms with Crippen LogP contribution in [0, 0.1) is 0 Å². The molecule has 2 N–H and O–H groups in total. The largest absolute Gasteiger partial charge is 0.493 e. The van der Waals surface area contributed by atoms with Crippen LogP contribution in [-0.4, -0.2) is 51.8 Å². The van der Waals surface area contributed by atoms with Gasteiger partial charge in [0.15, 0.2) is 23.0 Å². The zero-order valence-corrected chi connectivity index (χ0v) is 16.4. The molecular weight excluding hydrogens is 376 g/mol. The zero-order valence-electron chi connectivity index (χ0n) is 16.4. The summed E-state index contributed by atoms with van der Waals surface area (Å²) in [5.74, 6) is 1.14. The molecule has 0 fully saturated rings. The molecule has 2 aromatic carbocycles. The Morgan fingerprint density at radius 3 is 2.48 bits per heavy atom. The molecule has 0 radical (unpaired) electrons. The van der Waals surface area contributed by atoms with Crippen molar-refractivity contribution < 1.29 is 28.5 Å². The first-order valence-corrected chi connectivity index (χ1v) is 9.26. The first-order chi connectivity index (χ1) is 14.1. The highest BCUT2D eigenvalue weighted by molar-refractivity contribution is 6.35. The van der Waals surface area contributed by atoms with Gasteiger partial charge in [-0.2, -0.15) is 0 Å². The van der Waals surface area contributed by atoms with Gasteiger partial charge in [-0.15, -0.1) is 0 Å². The van der Waals surface area contributed by atoms with Crippen molar-refractivity contribution in [3.63, 3.8) is 0 Å². The highest BCUT2D eigenvalue weighted by atomic mass is 16.6. The fraction of sp³-hybridized carbons (Fsp3) is 0.333. The van der Waals surface area contributed by atoms with Crippen molar-refractivity contribution in [2.45, 2.75) is 12.5 Å². The van der Waals surface area contributed by atoms with Crippen LogP contribution in [0.1, 0.15) is 5.56 Å². The number of rotatable bonds is 7. The van der Waals surface area contributed by atoms with Crippen LogP contribution in [0.3, 0.4) is 0 Å². The van der Waals surface area contributed by atoms with Crippen molar-refractivity contribution in [3.8, 4) is 23.0 Å². The lowest BCUT2D eigenvalue weighted by Gasteiger charge is -2.26. The molecule has 2 amide bonds. The summed E-state index contributed by atoms with van der Waals surface area (Å²) in [6.07, 6.45) is 0.198. The number of para-hydroxylation sites is 2. The second kappa shape index (κ2) is 9.68. The number of carbonyl (C=O) groups excluding carboxylic acids is 2. The van der Waals surface area contributed by atoms with Crippen molar-refractivity contribution in [2.75, 3.05) is 33.9 Å². The number of fused-ring (bicyclic) bond motifs is 1. The van der Waals surface area contributed by atoms with Gasteiger partial charge >= 0.3 is 11.8 Å². The Labute approximate surface area is 169 Å². The molecule has 8 heteroatoms. The molecule has 3 rings (SSSR count). The van der Waals surface area contributed by atoms with Gasteiger partial charge in [0.05, 0.1) is 20.8 Å². The van der Waals surface area contributed by atoms with Crippen molar-refractivity contribution in [3.05, 3.63) is 48.0 Å². The van der Waals surface area contributed by atoms with E-state index in [4.69, 9.17) is 18.9 Å². The van der Waals surface area contributed by atoms with E-state index >= 15 is 0 Å². The Morgan fingerprint density at radius 2 is 1.72 bits per heavy atom. The Balaban J connectivity index is 1.40. The third-order valence-electron chi connectivity index (χ3n) is 4.41. The number of benzene rings is 2. The Hall–Kier alpha value is -3.42. The maximum absolute atomic E-state index is 12.0. The first kappa shape index (κ1) is 20.3. The monoisotopic (exact) mass is 400 g/mol. The summed E-state index contributed by atoms with van der Waals surface area (Å²) >= 11 is 0. The maximum Gasteiger partial charge on any atom is 0.309 e. The molecular formula is C21H24N2O6. The van der Waals surface area contributed by atoms with E-state index in [1.807, 2.05) is 30.3 Å². The standard InChI is InChI=1S/C21H24N2O6/c1-26-16-8-7-14(11-19(16)27-2)9-10-22-20(24)21(25)23-12-15-13-28-17-5-3-4-6-18(17)29-15/h3-8,11,15H,9-10,12-13H2,1-2H3,(H,22,24)(H,23,25)/t15-/m1/s1. The van der Waals surface area contributed by atoms with Gasteiger partial charge in [0.1, 0.15) is 12.7 Å². The van der Waals surface area contributed by atoms with Gasteiger partial charge < -0.3 is 29.6 Å². The molecule has 1 aliphatic rings. The number of ether oxygens (including phenoxy) is 4. The van der Waals surface area contributed by atoms with Crippen molar-refractivity contribution in [2.24, 2.45) is 0 Å². The molecule has 0 unspecified atom stereocenters. The molecule has 1 atom stereocenters. The smallest absolute Gasteiger partial charge is 0.309 e. The Bertz CT molecular complexity index is 870. The molecule has 0 saturated carbocycles. The summed E-state index contributed by atoms with van der Waals surface area (Å²) in [6.45, 7) is 0.798. The SMILES string of the molecule is COc1ccc(CCNC(=O)C(=O)NC[C@@H]2COc3ccccc3O2)cc1OC. The summed E-state index contributed by atoms with van der Waals surface area (Å²) in [5, 5.41) is 5.18. The number of hydrogen-bond donors (Lipinski definition) is 2. The number of carbonyl (C=O) groups is 2. The summed E-state index contributed by atoms with van der Waals surface area (Å²) in [4.78, 5) is 24.0. The van der Waals surface area contributed by atoms with Crippen LogP contribution in [0.15, 0.2) is 42.5 Å². The van der Waals surface area contributed by atoms with E-state index in [0.717, 1.165) is 5.56 Å². The molecule has 2 aromatic rings. The van der Waals surface area contributed by atoms with Gasteiger partial charge in [-0.25, -0.2) is 0 Å². The lowest BCUT2D eigenvalue weighted by atomic mass is 10.1. The molecule has 1 heterocycles.